The van der Waals surface area contributed by atoms with E-state index in [1.165, 1.54) is 0 Å². The van der Waals surface area contributed by atoms with Crippen LogP contribution in [0.25, 0.3) is 0 Å². The summed E-state index contributed by atoms with van der Waals surface area (Å²) >= 11 is 0. The van der Waals surface area contributed by atoms with Gasteiger partial charge in [0.25, 0.3) is 5.91 Å². The molecular weight excluding hydrogens is 224 g/mol. The van der Waals surface area contributed by atoms with Gasteiger partial charge in [0, 0.05) is 12.1 Å². The fraction of sp³-hybridized carbons (Fsp3) is 0.308. The third kappa shape index (κ3) is 5.24. The molecule has 0 aliphatic carbocycles. The number of amides is 1. The van der Waals surface area contributed by atoms with Gasteiger partial charge in [0.1, 0.15) is 0 Å². The molecule has 0 radical (unpaired) electrons. The van der Waals surface area contributed by atoms with Crippen molar-refractivity contribution in [2.45, 2.75) is 26.2 Å². The zero-order valence-electron chi connectivity index (χ0n) is 10.0. The number of para-hydroxylation sites is 1. The molecule has 4 heteroatoms. The van der Waals surface area contributed by atoms with E-state index in [9.17, 15) is 13.6 Å². The van der Waals surface area contributed by atoms with Gasteiger partial charge in [-0.25, -0.2) is 0 Å². The Labute approximate surface area is 100 Å². The Hall–Kier alpha value is -1.71. The first-order valence-corrected chi connectivity index (χ1v) is 5.41. The van der Waals surface area contributed by atoms with E-state index in [2.05, 4.69) is 11.9 Å². The van der Waals surface area contributed by atoms with Gasteiger partial charge < -0.3 is 5.32 Å². The van der Waals surface area contributed by atoms with Crippen LogP contribution < -0.4 is 5.32 Å². The quantitative estimate of drug-likeness (QED) is 0.797. The number of allylic oxidation sites excluding steroid dienone is 1. The van der Waals surface area contributed by atoms with Crippen molar-refractivity contribution in [2.75, 3.05) is 5.32 Å². The van der Waals surface area contributed by atoms with Gasteiger partial charge in [0.2, 0.25) is 0 Å². The van der Waals surface area contributed by atoms with Crippen molar-refractivity contribution in [3.63, 3.8) is 0 Å². The highest BCUT2D eigenvalue weighted by Crippen LogP contribution is 2.21. The highest BCUT2D eigenvalue weighted by molar-refractivity contribution is 5.96. The fourth-order valence-corrected chi connectivity index (χ4v) is 1.02. The summed E-state index contributed by atoms with van der Waals surface area (Å²) in [6.45, 7) is 7.18. The first-order chi connectivity index (χ1) is 8.06. The second-order valence-electron chi connectivity index (χ2n) is 3.02. The van der Waals surface area contributed by atoms with Crippen LogP contribution in [0.5, 0.6) is 0 Å². The van der Waals surface area contributed by atoms with E-state index in [0.717, 1.165) is 6.08 Å². The van der Waals surface area contributed by atoms with Crippen LogP contribution in [-0.4, -0.2) is 11.8 Å². The van der Waals surface area contributed by atoms with Crippen molar-refractivity contribution in [2.24, 2.45) is 0 Å². The van der Waals surface area contributed by atoms with Gasteiger partial charge in [0.15, 0.2) is 0 Å². The van der Waals surface area contributed by atoms with Gasteiger partial charge in [-0.2, -0.15) is 8.78 Å². The molecule has 2 nitrogen and oxygen atoms in total. The Morgan fingerprint density at radius 2 is 1.88 bits per heavy atom. The third-order valence-electron chi connectivity index (χ3n) is 1.76. The van der Waals surface area contributed by atoms with Crippen molar-refractivity contribution in [3.05, 3.63) is 43.0 Å². The Kier molecular flexibility index (Phi) is 6.79. The van der Waals surface area contributed by atoms with Gasteiger partial charge in [-0.3, -0.25) is 4.79 Å². The van der Waals surface area contributed by atoms with Crippen molar-refractivity contribution in [1.29, 1.82) is 0 Å². The zero-order valence-corrected chi connectivity index (χ0v) is 10.0. The molecule has 0 spiro atoms. The molecule has 0 bridgehead atoms. The highest BCUT2D eigenvalue weighted by atomic mass is 19.3. The van der Waals surface area contributed by atoms with Crippen LogP contribution in [0.3, 0.4) is 0 Å². The maximum atomic E-state index is 13.0. The summed E-state index contributed by atoms with van der Waals surface area (Å²) in [4.78, 5) is 11.1. The van der Waals surface area contributed by atoms with E-state index in [4.69, 9.17) is 0 Å². The number of nitrogens with one attached hydrogen (secondary N) is 1. The molecule has 1 N–H and O–H groups in total. The van der Waals surface area contributed by atoms with E-state index in [1.807, 2.05) is 13.8 Å². The Bertz CT molecular complexity index is 350. The van der Waals surface area contributed by atoms with E-state index in [-0.39, 0.29) is 0 Å². The minimum absolute atomic E-state index is 0.353. The van der Waals surface area contributed by atoms with Crippen LogP contribution in [0.15, 0.2) is 43.0 Å². The summed E-state index contributed by atoms with van der Waals surface area (Å²) in [5, 5.41) is 2.13. The molecule has 1 aromatic carbocycles. The van der Waals surface area contributed by atoms with Crippen molar-refractivity contribution < 1.29 is 13.6 Å². The van der Waals surface area contributed by atoms with Crippen LogP contribution in [0.1, 0.15) is 20.3 Å². The second-order valence-corrected chi connectivity index (χ2v) is 3.02. The SMILES string of the molecule is C=CCC(F)(F)C(=O)Nc1ccccc1.CC. The highest BCUT2D eigenvalue weighted by Gasteiger charge is 2.37. The summed E-state index contributed by atoms with van der Waals surface area (Å²) in [7, 11) is 0. The normalized spacial score (nSPS) is 9.88. The van der Waals surface area contributed by atoms with E-state index in [0.29, 0.717) is 5.69 Å². The van der Waals surface area contributed by atoms with Crippen LogP contribution in [0.2, 0.25) is 0 Å². The van der Waals surface area contributed by atoms with Crippen molar-refractivity contribution in [3.8, 4) is 0 Å². The molecule has 94 valence electrons. The fourth-order valence-electron chi connectivity index (χ4n) is 1.02. The van der Waals surface area contributed by atoms with Gasteiger partial charge in [0.05, 0.1) is 0 Å². The average Bonchev–Trinajstić information content (AvgIpc) is 2.33. The minimum atomic E-state index is -3.41. The number of carbonyl (C=O) groups is 1. The third-order valence-corrected chi connectivity index (χ3v) is 1.76. The molecule has 0 unspecified atom stereocenters. The lowest BCUT2D eigenvalue weighted by Gasteiger charge is -2.13. The van der Waals surface area contributed by atoms with Crippen molar-refractivity contribution >= 4 is 11.6 Å². The second kappa shape index (κ2) is 7.54. The molecule has 0 aliphatic heterocycles. The Balaban J connectivity index is 0.00000121. The van der Waals surface area contributed by atoms with Gasteiger partial charge in [-0.15, -0.1) is 6.58 Å². The lowest BCUT2D eigenvalue weighted by Crippen LogP contribution is -2.33. The molecule has 0 saturated carbocycles. The maximum absolute atomic E-state index is 13.0. The minimum Gasteiger partial charge on any atom is -0.321 e. The van der Waals surface area contributed by atoms with E-state index in [1.54, 1.807) is 30.3 Å². The molecule has 0 aliphatic rings. The maximum Gasteiger partial charge on any atom is 0.328 e. The van der Waals surface area contributed by atoms with Gasteiger partial charge in [-0.1, -0.05) is 38.1 Å². The lowest BCUT2D eigenvalue weighted by atomic mass is 10.2. The molecule has 17 heavy (non-hydrogen) atoms. The zero-order chi connectivity index (χ0) is 13.3. The Morgan fingerprint density at radius 1 is 1.35 bits per heavy atom. The van der Waals surface area contributed by atoms with Crippen LogP contribution in [-0.2, 0) is 4.79 Å². The molecular formula is C13H17F2NO. The largest absolute Gasteiger partial charge is 0.328 e. The summed E-state index contributed by atoms with van der Waals surface area (Å²) < 4.78 is 26.0. The molecule has 1 amide bonds. The molecule has 0 fully saturated rings. The number of hydrogen-bond donors (Lipinski definition) is 1. The standard InChI is InChI=1S/C11H11F2NO.C2H6/c1-2-8-11(12,13)10(15)14-9-6-4-3-5-7-9;1-2/h2-7H,1,8H2,(H,14,15);1-2H3. The molecule has 1 rings (SSSR count). The summed E-state index contributed by atoms with van der Waals surface area (Å²) in [5.74, 6) is -4.72. The molecule has 1 aromatic rings. The van der Waals surface area contributed by atoms with Gasteiger partial charge >= 0.3 is 5.92 Å². The predicted octanol–water partition coefficient (Wildman–Crippen LogP) is 3.86. The monoisotopic (exact) mass is 241 g/mol. The topological polar surface area (TPSA) is 29.1 Å². The van der Waals surface area contributed by atoms with Crippen LogP contribution >= 0.6 is 0 Å². The summed E-state index contributed by atoms with van der Waals surface area (Å²) in [6, 6.07) is 8.13. The van der Waals surface area contributed by atoms with Crippen LogP contribution in [0.4, 0.5) is 14.5 Å². The van der Waals surface area contributed by atoms with E-state index >= 15 is 0 Å². The molecule has 0 aromatic heterocycles. The summed E-state index contributed by atoms with van der Waals surface area (Å²) in [5.41, 5.74) is 0.353. The number of alkyl halides is 2. The smallest absolute Gasteiger partial charge is 0.321 e. The predicted molar refractivity (Wildman–Crippen MR) is 66.2 cm³/mol. The molecule has 0 saturated heterocycles. The lowest BCUT2D eigenvalue weighted by molar-refractivity contribution is -0.139. The first kappa shape index (κ1) is 15.3. The van der Waals surface area contributed by atoms with Crippen LogP contribution in [0, 0.1) is 0 Å². The number of hydrogen-bond acceptors (Lipinski definition) is 1. The first-order valence-electron chi connectivity index (χ1n) is 5.41. The number of benzene rings is 1. The van der Waals surface area contributed by atoms with Gasteiger partial charge in [-0.05, 0) is 12.1 Å². The number of carbonyl (C=O) groups excluding carboxylic acids is 1. The Morgan fingerprint density at radius 3 is 2.35 bits per heavy atom. The van der Waals surface area contributed by atoms with Crippen molar-refractivity contribution in [1.82, 2.24) is 0 Å². The number of rotatable bonds is 4. The molecule has 0 heterocycles. The average molecular weight is 241 g/mol. The molecule has 0 atom stereocenters. The number of anilines is 1. The number of halogens is 2. The summed E-state index contributed by atoms with van der Waals surface area (Å²) in [6.07, 6.45) is 0.357. The van der Waals surface area contributed by atoms with E-state index < -0.39 is 18.3 Å².